The van der Waals surface area contributed by atoms with E-state index in [4.69, 9.17) is 4.99 Å². The highest BCUT2D eigenvalue weighted by atomic mass is 15.2. The molecule has 0 saturated carbocycles. The molecule has 1 aromatic heterocycles. The Bertz CT molecular complexity index is 1010. The first-order valence-corrected chi connectivity index (χ1v) is 10.1. The van der Waals surface area contributed by atoms with Crippen molar-refractivity contribution in [2.45, 2.75) is 45.1 Å². The Balaban J connectivity index is 1.72. The molecule has 0 bridgehead atoms. The van der Waals surface area contributed by atoms with Gasteiger partial charge in [-0.2, -0.15) is 0 Å². The molecule has 1 aromatic carbocycles. The van der Waals surface area contributed by atoms with Gasteiger partial charge in [0.05, 0.1) is 23.0 Å². The molecule has 0 spiro atoms. The van der Waals surface area contributed by atoms with Gasteiger partial charge in [-0.15, -0.1) is 0 Å². The molecule has 5 heterocycles. The number of piperidine rings is 1. The van der Waals surface area contributed by atoms with Crippen LogP contribution in [0.1, 0.15) is 49.9 Å². The van der Waals surface area contributed by atoms with Crippen LogP contribution in [0, 0.1) is 5.41 Å². The lowest BCUT2D eigenvalue weighted by atomic mass is 9.66. The topological polar surface area (TPSA) is 20.5 Å². The summed E-state index contributed by atoms with van der Waals surface area (Å²) >= 11 is 0. The van der Waals surface area contributed by atoms with Crippen LogP contribution < -0.4 is 0 Å². The molecule has 0 radical (unpaired) electrons. The number of nitrogens with zero attached hydrogens (tertiary/aromatic N) is 3. The van der Waals surface area contributed by atoms with Gasteiger partial charge in [0.25, 0.3) is 0 Å². The van der Waals surface area contributed by atoms with E-state index in [-0.39, 0.29) is 5.41 Å². The van der Waals surface area contributed by atoms with Gasteiger partial charge in [-0.3, -0.25) is 9.89 Å². The summed E-state index contributed by atoms with van der Waals surface area (Å²) in [7, 11) is 0. The Labute approximate surface area is 154 Å². The number of fused-ring (bicyclic) bond motifs is 3. The summed E-state index contributed by atoms with van der Waals surface area (Å²) in [6.45, 7) is 4.84. The number of benzene rings is 1. The maximum atomic E-state index is 4.75. The highest BCUT2D eigenvalue weighted by Crippen LogP contribution is 2.57. The fraction of sp³-hybridized carbons (Fsp3) is 0.435. The lowest BCUT2D eigenvalue weighted by Gasteiger charge is -2.53. The Morgan fingerprint density at radius 1 is 1.23 bits per heavy atom. The zero-order valence-electron chi connectivity index (χ0n) is 15.4. The molecule has 1 saturated heterocycles. The summed E-state index contributed by atoms with van der Waals surface area (Å²) in [6.07, 6.45) is 12.7. The second-order valence-corrected chi connectivity index (χ2v) is 8.29. The number of hydrogen-bond donors (Lipinski definition) is 0. The van der Waals surface area contributed by atoms with Crippen LogP contribution in [-0.4, -0.2) is 28.3 Å². The second kappa shape index (κ2) is 5.20. The molecule has 3 heteroatoms. The van der Waals surface area contributed by atoms with E-state index < -0.39 is 0 Å². The summed E-state index contributed by atoms with van der Waals surface area (Å²) in [4.78, 5) is 7.52. The highest BCUT2D eigenvalue weighted by molar-refractivity contribution is 6.22. The summed E-state index contributed by atoms with van der Waals surface area (Å²) in [6, 6.07) is 9.55. The first kappa shape index (κ1) is 15.0. The van der Waals surface area contributed by atoms with Crippen LogP contribution in [-0.2, 0) is 6.42 Å². The monoisotopic (exact) mass is 343 g/mol. The Morgan fingerprint density at radius 3 is 3.00 bits per heavy atom. The maximum absolute atomic E-state index is 4.75. The molecule has 0 unspecified atom stereocenters. The van der Waals surface area contributed by atoms with Gasteiger partial charge in [0.1, 0.15) is 0 Å². The smallest absolute Gasteiger partial charge is 0.0678 e. The highest BCUT2D eigenvalue weighted by Gasteiger charge is 2.50. The van der Waals surface area contributed by atoms with Crippen LogP contribution in [0.5, 0.6) is 0 Å². The number of para-hydroxylation sites is 1. The number of aromatic nitrogens is 1. The molecule has 2 aromatic rings. The quantitative estimate of drug-likeness (QED) is 0.756. The van der Waals surface area contributed by atoms with E-state index in [1.54, 1.807) is 11.3 Å². The fourth-order valence-electron chi connectivity index (χ4n) is 6.02. The predicted octanol–water partition coefficient (Wildman–Crippen LogP) is 4.94. The molecule has 132 valence electrons. The summed E-state index contributed by atoms with van der Waals surface area (Å²) in [5.74, 6) is 0. The average Bonchev–Trinajstić information content (AvgIpc) is 3.33. The molecule has 4 aliphatic rings. The van der Waals surface area contributed by atoms with Crippen molar-refractivity contribution in [1.29, 1.82) is 0 Å². The SMILES string of the molecule is CC[C@@]12C=C(C3=NC=CC3)n3c4c(c5ccccc53)CCN(CCC1)[C@H]42. The van der Waals surface area contributed by atoms with Gasteiger partial charge in [-0.1, -0.05) is 37.3 Å². The Morgan fingerprint density at radius 2 is 2.15 bits per heavy atom. The van der Waals surface area contributed by atoms with E-state index in [1.165, 1.54) is 61.1 Å². The standard InChI is InChI=1S/C23H25N3/c1-2-23-11-6-13-25-14-10-17-16-7-3-4-9-19(16)26(21(17)22(23)25)20(15-23)18-8-5-12-24-18/h3-5,7,9,12,15,22H,2,6,8,10-11,13-14H2,1H3/t22-,23+/m1/s1. The van der Waals surface area contributed by atoms with Crippen LogP contribution in [0.4, 0.5) is 0 Å². The van der Waals surface area contributed by atoms with Crippen molar-refractivity contribution in [3.63, 3.8) is 0 Å². The van der Waals surface area contributed by atoms with Crippen LogP contribution >= 0.6 is 0 Å². The van der Waals surface area contributed by atoms with E-state index in [0.717, 1.165) is 6.42 Å². The first-order valence-electron chi connectivity index (χ1n) is 10.1. The zero-order chi connectivity index (χ0) is 17.3. The molecule has 0 N–H and O–H groups in total. The molecule has 3 nitrogen and oxygen atoms in total. The molecule has 0 amide bonds. The van der Waals surface area contributed by atoms with Crippen molar-refractivity contribution in [3.05, 3.63) is 53.9 Å². The van der Waals surface area contributed by atoms with E-state index in [1.807, 2.05) is 6.20 Å². The van der Waals surface area contributed by atoms with E-state index in [9.17, 15) is 0 Å². The fourth-order valence-corrected chi connectivity index (χ4v) is 6.02. The number of rotatable bonds is 2. The minimum atomic E-state index is 0.262. The van der Waals surface area contributed by atoms with Crippen LogP contribution in [0.25, 0.3) is 16.6 Å². The molecule has 0 aliphatic carbocycles. The lowest BCUT2D eigenvalue weighted by Crippen LogP contribution is -2.51. The van der Waals surface area contributed by atoms with Crippen molar-refractivity contribution in [2.24, 2.45) is 10.4 Å². The lowest BCUT2D eigenvalue weighted by molar-refractivity contribution is 0.0273. The third kappa shape index (κ3) is 1.75. The normalized spacial score (nSPS) is 29.7. The summed E-state index contributed by atoms with van der Waals surface area (Å²) in [5, 5.41) is 1.46. The molecular formula is C23H25N3. The molecule has 2 atom stereocenters. The van der Waals surface area contributed by atoms with Gasteiger partial charge >= 0.3 is 0 Å². The van der Waals surface area contributed by atoms with Gasteiger partial charge in [0.15, 0.2) is 0 Å². The summed E-state index contributed by atoms with van der Waals surface area (Å²) < 4.78 is 2.58. The first-order chi connectivity index (χ1) is 12.8. The molecule has 26 heavy (non-hydrogen) atoms. The third-order valence-electron chi connectivity index (χ3n) is 7.19. The van der Waals surface area contributed by atoms with E-state index in [2.05, 4.69) is 52.8 Å². The Hall–Kier alpha value is -2.13. The molecule has 4 aliphatic heterocycles. The minimum absolute atomic E-state index is 0.262. The van der Waals surface area contributed by atoms with Crippen molar-refractivity contribution < 1.29 is 0 Å². The second-order valence-electron chi connectivity index (χ2n) is 8.29. The van der Waals surface area contributed by atoms with E-state index >= 15 is 0 Å². The van der Waals surface area contributed by atoms with Gasteiger partial charge in [0.2, 0.25) is 0 Å². The van der Waals surface area contributed by atoms with Crippen LogP contribution in [0.15, 0.2) is 47.6 Å². The predicted molar refractivity (Wildman–Crippen MR) is 107 cm³/mol. The van der Waals surface area contributed by atoms with E-state index in [0.29, 0.717) is 6.04 Å². The number of hydrogen-bond acceptors (Lipinski definition) is 2. The number of aliphatic imine (C=N–C) groups is 1. The van der Waals surface area contributed by atoms with Gasteiger partial charge < -0.3 is 4.57 Å². The van der Waals surface area contributed by atoms with Gasteiger partial charge in [-0.25, -0.2) is 0 Å². The minimum Gasteiger partial charge on any atom is -0.310 e. The zero-order valence-corrected chi connectivity index (χ0v) is 15.4. The average molecular weight is 343 g/mol. The van der Waals surface area contributed by atoms with Gasteiger partial charge in [0, 0.05) is 35.7 Å². The largest absolute Gasteiger partial charge is 0.310 e. The van der Waals surface area contributed by atoms with Gasteiger partial charge in [-0.05, 0) is 43.9 Å². The van der Waals surface area contributed by atoms with Crippen molar-refractivity contribution in [2.75, 3.05) is 13.1 Å². The van der Waals surface area contributed by atoms with Crippen LogP contribution in [0.2, 0.25) is 0 Å². The van der Waals surface area contributed by atoms with Crippen LogP contribution in [0.3, 0.4) is 0 Å². The number of allylic oxidation sites excluding steroid dienone is 2. The Kier molecular flexibility index (Phi) is 3.00. The maximum Gasteiger partial charge on any atom is 0.0678 e. The molecular weight excluding hydrogens is 318 g/mol. The van der Waals surface area contributed by atoms with Crippen molar-refractivity contribution >= 4 is 22.3 Å². The third-order valence-corrected chi connectivity index (χ3v) is 7.19. The van der Waals surface area contributed by atoms with Crippen molar-refractivity contribution in [1.82, 2.24) is 9.47 Å². The molecule has 6 rings (SSSR count). The molecule has 1 fully saturated rings. The van der Waals surface area contributed by atoms with Crippen molar-refractivity contribution in [3.8, 4) is 0 Å². The summed E-state index contributed by atoms with van der Waals surface area (Å²) in [5.41, 5.74) is 7.40.